The van der Waals surface area contributed by atoms with Gasteiger partial charge in [-0.1, -0.05) is 53.6 Å². The lowest BCUT2D eigenvalue weighted by Gasteiger charge is -2.02. The highest BCUT2D eigenvalue weighted by atomic mass is 35.5. The average Bonchev–Trinajstić information content (AvgIpc) is 2.32. The Hall–Kier alpha value is -1.60. The Labute approximate surface area is 106 Å². The molecular weight excluding hydrogens is 232 g/mol. The fraction of sp³-hybridized carbons (Fsp3) is 0.133. The predicted molar refractivity (Wildman–Crippen MR) is 70.7 cm³/mol. The standard InChI is InChI=1S/C15H13ClO/c1-11-5-7-12(8-6-11)9-15(17)13-3-2-4-14(16)10-13/h2-8,10H,9H2,1H3. The number of benzene rings is 2. The molecule has 0 atom stereocenters. The Kier molecular flexibility index (Phi) is 3.60. The van der Waals surface area contributed by atoms with Gasteiger partial charge in [0.2, 0.25) is 0 Å². The van der Waals surface area contributed by atoms with Crippen molar-refractivity contribution in [3.05, 3.63) is 70.2 Å². The zero-order valence-electron chi connectivity index (χ0n) is 9.61. The summed E-state index contributed by atoms with van der Waals surface area (Å²) in [6.07, 6.45) is 0.417. The summed E-state index contributed by atoms with van der Waals surface area (Å²) in [6.45, 7) is 2.03. The zero-order valence-corrected chi connectivity index (χ0v) is 10.4. The number of rotatable bonds is 3. The summed E-state index contributed by atoms with van der Waals surface area (Å²) in [5.41, 5.74) is 2.89. The highest BCUT2D eigenvalue weighted by Gasteiger charge is 2.07. The van der Waals surface area contributed by atoms with Gasteiger partial charge in [0.15, 0.2) is 5.78 Å². The van der Waals surface area contributed by atoms with Gasteiger partial charge in [-0.05, 0) is 24.6 Å². The molecule has 2 aromatic carbocycles. The van der Waals surface area contributed by atoms with Crippen LogP contribution < -0.4 is 0 Å². The van der Waals surface area contributed by atoms with Gasteiger partial charge in [-0.25, -0.2) is 0 Å². The zero-order chi connectivity index (χ0) is 12.3. The van der Waals surface area contributed by atoms with Crippen molar-refractivity contribution in [3.8, 4) is 0 Å². The third-order valence-electron chi connectivity index (χ3n) is 2.63. The summed E-state index contributed by atoms with van der Waals surface area (Å²) < 4.78 is 0. The average molecular weight is 245 g/mol. The van der Waals surface area contributed by atoms with Crippen LogP contribution in [0.1, 0.15) is 21.5 Å². The smallest absolute Gasteiger partial charge is 0.167 e. The van der Waals surface area contributed by atoms with E-state index in [4.69, 9.17) is 11.6 Å². The van der Waals surface area contributed by atoms with Crippen LogP contribution in [0, 0.1) is 6.92 Å². The van der Waals surface area contributed by atoms with E-state index in [9.17, 15) is 4.79 Å². The Morgan fingerprint density at radius 3 is 2.47 bits per heavy atom. The molecule has 0 amide bonds. The number of carbonyl (C=O) groups is 1. The molecule has 0 fully saturated rings. The van der Waals surface area contributed by atoms with Crippen molar-refractivity contribution in [1.29, 1.82) is 0 Å². The molecule has 0 aliphatic heterocycles. The van der Waals surface area contributed by atoms with Gasteiger partial charge in [0.05, 0.1) is 0 Å². The fourth-order valence-corrected chi connectivity index (χ4v) is 1.85. The van der Waals surface area contributed by atoms with E-state index in [-0.39, 0.29) is 5.78 Å². The van der Waals surface area contributed by atoms with Gasteiger partial charge in [-0.3, -0.25) is 4.79 Å². The highest BCUT2D eigenvalue weighted by Crippen LogP contribution is 2.13. The molecule has 2 rings (SSSR count). The number of halogens is 1. The molecule has 0 radical (unpaired) electrons. The van der Waals surface area contributed by atoms with E-state index in [0.717, 1.165) is 5.56 Å². The van der Waals surface area contributed by atoms with E-state index in [1.54, 1.807) is 24.3 Å². The SMILES string of the molecule is Cc1ccc(CC(=O)c2cccc(Cl)c2)cc1. The van der Waals surface area contributed by atoms with Crippen molar-refractivity contribution in [2.45, 2.75) is 13.3 Å². The summed E-state index contributed by atoms with van der Waals surface area (Å²) in [4.78, 5) is 12.0. The van der Waals surface area contributed by atoms with Gasteiger partial charge >= 0.3 is 0 Å². The van der Waals surface area contributed by atoms with Gasteiger partial charge in [0.25, 0.3) is 0 Å². The van der Waals surface area contributed by atoms with Gasteiger partial charge < -0.3 is 0 Å². The van der Waals surface area contributed by atoms with E-state index in [0.29, 0.717) is 17.0 Å². The molecule has 0 unspecified atom stereocenters. The maximum absolute atomic E-state index is 12.0. The predicted octanol–water partition coefficient (Wildman–Crippen LogP) is 4.07. The number of carbonyl (C=O) groups excluding carboxylic acids is 1. The number of hydrogen-bond donors (Lipinski definition) is 0. The van der Waals surface area contributed by atoms with E-state index >= 15 is 0 Å². The summed E-state index contributed by atoms with van der Waals surface area (Å²) in [6, 6.07) is 15.1. The number of aryl methyl sites for hydroxylation is 1. The summed E-state index contributed by atoms with van der Waals surface area (Å²) in [7, 11) is 0. The largest absolute Gasteiger partial charge is 0.294 e. The van der Waals surface area contributed by atoms with Crippen molar-refractivity contribution in [1.82, 2.24) is 0 Å². The van der Waals surface area contributed by atoms with Crippen molar-refractivity contribution in [2.24, 2.45) is 0 Å². The lowest BCUT2D eigenvalue weighted by Crippen LogP contribution is -2.03. The molecule has 0 aliphatic rings. The molecule has 0 N–H and O–H groups in total. The second-order valence-corrected chi connectivity index (χ2v) is 4.53. The first-order valence-corrected chi connectivity index (χ1v) is 5.87. The van der Waals surface area contributed by atoms with Crippen molar-refractivity contribution < 1.29 is 4.79 Å². The lowest BCUT2D eigenvalue weighted by molar-refractivity contribution is 0.0993. The Bertz CT molecular complexity index is 529. The van der Waals surface area contributed by atoms with Crippen LogP contribution in [0.4, 0.5) is 0 Å². The molecule has 2 heteroatoms. The Morgan fingerprint density at radius 1 is 1.12 bits per heavy atom. The van der Waals surface area contributed by atoms with Crippen LogP contribution in [-0.4, -0.2) is 5.78 Å². The maximum atomic E-state index is 12.0. The molecular formula is C15H13ClO. The molecule has 0 saturated heterocycles. The monoisotopic (exact) mass is 244 g/mol. The van der Waals surface area contributed by atoms with Crippen molar-refractivity contribution in [3.63, 3.8) is 0 Å². The van der Waals surface area contributed by atoms with E-state index in [1.165, 1.54) is 5.56 Å². The molecule has 2 aromatic rings. The van der Waals surface area contributed by atoms with Crippen LogP contribution in [0.15, 0.2) is 48.5 Å². The van der Waals surface area contributed by atoms with Crippen molar-refractivity contribution in [2.75, 3.05) is 0 Å². The third-order valence-corrected chi connectivity index (χ3v) is 2.87. The second kappa shape index (κ2) is 5.15. The van der Waals surface area contributed by atoms with E-state index in [1.807, 2.05) is 31.2 Å². The summed E-state index contributed by atoms with van der Waals surface area (Å²) in [5, 5.41) is 0.597. The Morgan fingerprint density at radius 2 is 1.82 bits per heavy atom. The fourth-order valence-electron chi connectivity index (χ4n) is 1.66. The molecule has 0 bridgehead atoms. The van der Waals surface area contributed by atoms with E-state index < -0.39 is 0 Å². The van der Waals surface area contributed by atoms with Gasteiger partial charge in [0.1, 0.15) is 0 Å². The van der Waals surface area contributed by atoms with Gasteiger partial charge in [0, 0.05) is 17.0 Å². The molecule has 0 aliphatic carbocycles. The van der Waals surface area contributed by atoms with Crippen LogP contribution in [-0.2, 0) is 6.42 Å². The molecule has 0 saturated carbocycles. The normalized spacial score (nSPS) is 10.2. The quantitative estimate of drug-likeness (QED) is 0.744. The van der Waals surface area contributed by atoms with Gasteiger partial charge in [-0.15, -0.1) is 0 Å². The maximum Gasteiger partial charge on any atom is 0.167 e. The first-order chi connectivity index (χ1) is 8.15. The number of hydrogen-bond acceptors (Lipinski definition) is 1. The van der Waals surface area contributed by atoms with Crippen molar-refractivity contribution >= 4 is 17.4 Å². The molecule has 1 nitrogen and oxygen atoms in total. The van der Waals surface area contributed by atoms with Crippen LogP contribution in [0.5, 0.6) is 0 Å². The van der Waals surface area contributed by atoms with E-state index in [2.05, 4.69) is 0 Å². The number of Topliss-reactive ketones (excluding diaryl/α,β-unsaturated/α-hetero) is 1. The van der Waals surface area contributed by atoms with Crippen LogP contribution in [0.3, 0.4) is 0 Å². The van der Waals surface area contributed by atoms with Crippen LogP contribution in [0.25, 0.3) is 0 Å². The third kappa shape index (κ3) is 3.18. The first-order valence-electron chi connectivity index (χ1n) is 5.49. The Balaban J connectivity index is 2.14. The second-order valence-electron chi connectivity index (χ2n) is 4.10. The lowest BCUT2D eigenvalue weighted by atomic mass is 10.0. The highest BCUT2D eigenvalue weighted by molar-refractivity contribution is 6.31. The number of ketones is 1. The molecule has 0 heterocycles. The minimum absolute atomic E-state index is 0.0938. The van der Waals surface area contributed by atoms with Crippen LogP contribution >= 0.6 is 11.6 Å². The molecule has 0 aromatic heterocycles. The summed E-state index contributed by atoms with van der Waals surface area (Å²) >= 11 is 5.86. The van der Waals surface area contributed by atoms with Crippen LogP contribution in [0.2, 0.25) is 5.02 Å². The first kappa shape index (κ1) is 11.9. The minimum atomic E-state index is 0.0938. The molecule has 0 spiro atoms. The molecule has 17 heavy (non-hydrogen) atoms. The van der Waals surface area contributed by atoms with Gasteiger partial charge in [-0.2, -0.15) is 0 Å². The minimum Gasteiger partial charge on any atom is -0.294 e. The summed E-state index contributed by atoms with van der Waals surface area (Å²) in [5.74, 6) is 0.0938. The topological polar surface area (TPSA) is 17.1 Å². The molecule has 86 valence electrons.